The first kappa shape index (κ1) is 16.6. The van der Waals surface area contributed by atoms with Gasteiger partial charge in [0.1, 0.15) is 5.75 Å². The number of nitrogens with two attached hydrogens (primary N) is 1. The molecule has 0 aliphatic heterocycles. The monoisotopic (exact) mass is 360 g/mol. The number of nitrogens with zero attached hydrogens (tertiary/aromatic N) is 2. The first-order valence-electron chi connectivity index (χ1n) is 6.90. The molecular weight excluding hydrogens is 348 g/mol. The summed E-state index contributed by atoms with van der Waals surface area (Å²) in [5.74, 6) is -0.995. The Labute approximate surface area is 142 Å². The summed E-state index contributed by atoms with van der Waals surface area (Å²) in [5.41, 5.74) is 1.35. The second-order valence-corrected chi connectivity index (χ2v) is 6.55. The lowest BCUT2D eigenvalue weighted by atomic mass is 10.1. The van der Waals surface area contributed by atoms with Gasteiger partial charge in [0.05, 0.1) is 4.90 Å². The predicted molar refractivity (Wildman–Crippen MR) is 86.7 cm³/mol. The number of aromatic nitrogens is 3. The number of rotatable bonds is 5. The quantitative estimate of drug-likeness (QED) is 0.626. The Morgan fingerprint density at radius 3 is 2.12 bits per heavy atom. The van der Waals surface area contributed by atoms with Gasteiger partial charge in [-0.05, 0) is 35.4 Å². The van der Waals surface area contributed by atoms with E-state index >= 15 is 0 Å². The van der Waals surface area contributed by atoms with Crippen LogP contribution < -0.4 is 9.88 Å². The fourth-order valence-electron chi connectivity index (χ4n) is 2.09. The standard InChI is InChI=1S/C15H12N4O5S/c16-25(22,23)12-7-3-10(4-8-12)9-1-5-11(6-2-9)24-14-13(15(20)21)17-19-18-14/h1-8H,(H,20,21)(H2,16,22,23)(H,17,18,19). The van der Waals surface area contributed by atoms with E-state index in [9.17, 15) is 13.2 Å². The Morgan fingerprint density at radius 1 is 1.04 bits per heavy atom. The molecule has 0 aliphatic rings. The van der Waals surface area contributed by atoms with Crippen LogP contribution in [-0.4, -0.2) is 34.9 Å². The largest absolute Gasteiger partial charge is 0.476 e. The molecule has 1 aromatic heterocycles. The number of hydrogen-bond donors (Lipinski definition) is 3. The third-order valence-electron chi connectivity index (χ3n) is 3.32. The van der Waals surface area contributed by atoms with Gasteiger partial charge in [-0.2, -0.15) is 0 Å². The molecule has 25 heavy (non-hydrogen) atoms. The molecule has 0 saturated carbocycles. The van der Waals surface area contributed by atoms with Gasteiger partial charge in [0.2, 0.25) is 15.7 Å². The maximum atomic E-state index is 11.3. The van der Waals surface area contributed by atoms with Gasteiger partial charge in [-0.1, -0.05) is 34.6 Å². The van der Waals surface area contributed by atoms with Gasteiger partial charge in [-0.15, -0.1) is 0 Å². The highest BCUT2D eigenvalue weighted by molar-refractivity contribution is 7.89. The number of hydrogen-bond acceptors (Lipinski definition) is 6. The molecule has 0 radical (unpaired) electrons. The van der Waals surface area contributed by atoms with Gasteiger partial charge >= 0.3 is 5.97 Å². The number of aromatic amines is 1. The number of nitrogens with one attached hydrogen (secondary N) is 1. The third-order valence-corrected chi connectivity index (χ3v) is 4.24. The predicted octanol–water partition coefficient (Wildman–Crippen LogP) is 1.61. The molecule has 1 heterocycles. The van der Waals surface area contributed by atoms with Crippen LogP contribution in [-0.2, 0) is 10.0 Å². The highest BCUT2D eigenvalue weighted by atomic mass is 32.2. The van der Waals surface area contributed by atoms with Gasteiger partial charge in [0.25, 0.3) is 5.88 Å². The topological polar surface area (TPSA) is 148 Å². The van der Waals surface area contributed by atoms with E-state index in [0.717, 1.165) is 11.1 Å². The molecule has 0 atom stereocenters. The van der Waals surface area contributed by atoms with Crippen molar-refractivity contribution in [2.75, 3.05) is 0 Å². The Balaban J connectivity index is 1.80. The molecule has 10 heteroatoms. The Morgan fingerprint density at radius 2 is 1.60 bits per heavy atom. The van der Waals surface area contributed by atoms with E-state index in [1.807, 2.05) is 0 Å². The average molecular weight is 360 g/mol. The van der Waals surface area contributed by atoms with Crippen LogP contribution in [0.3, 0.4) is 0 Å². The number of sulfonamides is 1. The fraction of sp³-hybridized carbons (Fsp3) is 0. The summed E-state index contributed by atoms with van der Waals surface area (Å²) in [6.07, 6.45) is 0. The van der Waals surface area contributed by atoms with Gasteiger partial charge in [0, 0.05) is 0 Å². The van der Waals surface area contributed by atoms with Crippen LogP contribution >= 0.6 is 0 Å². The van der Waals surface area contributed by atoms with Gasteiger partial charge in [-0.25, -0.2) is 23.4 Å². The summed E-state index contributed by atoms with van der Waals surface area (Å²) < 4.78 is 27.9. The summed E-state index contributed by atoms with van der Waals surface area (Å²) in [4.78, 5) is 11.0. The van der Waals surface area contributed by atoms with Gasteiger partial charge < -0.3 is 9.84 Å². The lowest BCUT2D eigenvalue weighted by molar-refractivity contribution is 0.0687. The minimum absolute atomic E-state index is 0.0310. The van der Waals surface area contributed by atoms with E-state index in [4.69, 9.17) is 15.0 Å². The molecule has 9 nitrogen and oxygen atoms in total. The lowest BCUT2D eigenvalue weighted by Crippen LogP contribution is -2.11. The van der Waals surface area contributed by atoms with E-state index in [2.05, 4.69) is 15.4 Å². The normalized spacial score (nSPS) is 11.2. The van der Waals surface area contributed by atoms with Crippen LogP contribution in [0.5, 0.6) is 11.6 Å². The molecule has 0 fully saturated rings. The number of H-pyrrole nitrogens is 1. The zero-order valence-corrected chi connectivity index (χ0v) is 13.4. The maximum absolute atomic E-state index is 11.3. The van der Waals surface area contributed by atoms with Gasteiger partial charge in [-0.3, -0.25) is 0 Å². The zero-order chi connectivity index (χ0) is 18.0. The molecule has 0 amide bonds. The number of carbonyl (C=O) groups is 1. The number of benzene rings is 2. The Hall–Kier alpha value is -3.24. The molecule has 128 valence electrons. The van der Waals surface area contributed by atoms with Crippen LogP contribution in [0.15, 0.2) is 53.4 Å². The summed E-state index contributed by atoms with van der Waals surface area (Å²) in [6, 6.07) is 12.8. The second-order valence-electron chi connectivity index (χ2n) is 4.99. The highest BCUT2D eigenvalue weighted by Crippen LogP contribution is 2.26. The number of carboxylic acids is 1. The Kier molecular flexibility index (Phi) is 4.21. The summed E-state index contributed by atoms with van der Waals surface area (Å²) >= 11 is 0. The second kappa shape index (κ2) is 6.34. The van der Waals surface area contributed by atoms with Crippen molar-refractivity contribution in [1.82, 2.24) is 15.4 Å². The van der Waals surface area contributed by atoms with E-state index in [1.165, 1.54) is 12.1 Å². The molecule has 4 N–H and O–H groups in total. The van der Waals surface area contributed by atoms with Gasteiger partial charge in [0.15, 0.2) is 0 Å². The number of ether oxygens (including phenoxy) is 1. The van der Waals surface area contributed by atoms with Crippen LogP contribution in [0.1, 0.15) is 10.5 Å². The van der Waals surface area contributed by atoms with E-state index < -0.39 is 16.0 Å². The van der Waals surface area contributed by atoms with Crippen LogP contribution in [0.2, 0.25) is 0 Å². The van der Waals surface area contributed by atoms with Crippen LogP contribution in [0.25, 0.3) is 11.1 Å². The van der Waals surface area contributed by atoms with Crippen molar-refractivity contribution in [2.45, 2.75) is 4.90 Å². The molecule has 3 aromatic rings. The number of carboxylic acid groups (broad SMARTS) is 1. The molecule has 0 saturated heterocycles. The van der Waals surface area contributed by atoms with Crippen LogP contribution in [0.4, 0.5) is 0 Å². The smallest absolute Gasteiger partial charge is 0.359 e. The minimum atomic E-state index is -3.73. The molecule has 3 rings (SSSR count). The minimum Gasteiger partial charge on any atom is -0.476 e. The first-order chi connectivity index (χ1) is 11.8. The molecule has 0 spiro atoms. The molecule has 0 unspecified atom stereocenters. The van der Waals surface area contributed by atoms with E-state index in [0.29, 0.717) is 5.75 Å². The van der Waals surface area contributed by atoms with Crippen molar-refractivity contribution < 1.29 is 23.1 Å². The lowest BCUT2D eigenvalue weighted by Gasteiger charge is -2.06. The Bertz CT molecular complexity index is 1010. The molecular formula is C15H12N4O5S. The number of aromatic carboxylic acids is 1. The summed E-state index contributed by atoms with van der Waals surface area (Å²) in [5, 5.41) is 23.2. The number of primary sulfonamides is 1. The van der Waals surface area contributed by atoms with Crippen molar-refractivity contribution in [3.05, 3.63) is 54.2 Å². The molecule has 0 aliphatic carbocycles. The average Bonchev–Trinajstić information content (AvgIpc) is 3.03. The summed E-state index contributed by atoms with van der Waals surface area (Å²) in [7, 11) is -3.73. The maximum Gasteiger partial charge on any atom is 0.359 e. The first-order valence-corrected chi connectivity index (χ1v) is 8.45. The fourth-order valence-corrected chi connectivity index (χ4v) is 2.61. The van der Waals surface area contributed by atoms with Crippen molar-refractivity contribution in [3.63, 3.8) is 0 Å². The van der Waals surface area contributed by atoms with E-state index in [1.54, 1.807) is 36.4 Å². The van der Waals surface area contributed by atoms with Crippen molar-refractivity contribution in [1.29, 1.82) is 0 Å². The van der Waals surface area contributed by atoms with Crippen molar-refractivity contribution in [3.8, 4) is 22.8 Å². The SMILES string of the molecule is NS(=O)(=O)c1ccc(-c2ccc(Oc3nn[nH]c3C(=O)O)cc2)cc1. The van der Waals surface area contributed by atoms with Crippen molar-refractivity contribution >= 4 is 16.0 Å². The highest BCUT2D eigenvalue weighted by Gasteiger charge is 2.16. The molecule has 2 aromatic carbocycles. The zero-order valence-electron chi connectivity index (χ0n) is 12.6. The molecule has 0 bridgehead atoms. The third kappa shape index (κ3) is 3.65. The van der Waals surface area contributed by atoms with Crippen molar-refractivity contribution in [2.24, 2.45) is 5.14 Å². The van der Waals surface area contributed by atoms with E-state index in [-0.39, 0.29) is 16.5 Å². The van der Waals surface area contributed by atoms with Crippen LogP contribution in [0, 0.1) is 0 Å². The summed E-state index contributed by atoms with van der Waals surface area (Å²) in [6.45, 7) is 0.